The van der Waals surface area contributed by atoms with Gasteiger partial charge in [0, 0.05) is 6.54 Å². The zero-order valence-corrected chi connectivity index (χ0v) is 8.67. The molecule has 2 fully saturated rings. The van der Waals surface area contributed by atoms with Crippen LogP contribution in [0.15, 0.2) is 0 Å². The second-order valence-corrected chi connectivity index (χ2v) is 4.61. The maximum Gasteiger partial charge on any atom is 0.244 e. The SMILES string of the molecule is CC1(C)C(=O)N([C@@H]2CCCNC2)C1=O. The highest BCUT2D eigenvalue weighted by Crippen LogP contribution is 2.35. The molecular formula is C10H16N2O2. The first-order chi connectivity index (χ1) is 6.55. The summed E-state index contributed by atoms with van der Waals surface area (Å²) in [5.74, 6) is -0.0348. The second kappa shape index (κ2) is 3.05. The largest absolute Gasteiger partial charge is 0.315 e. The molecule has 78 valence electrons. The summed E-state index contributed by atoms with van der Waals surface area (Å²) in [4.78, 5) is 24.8. The van der Waals surface area contributed by atoms with Gasteiger partial charge in [-0.1, -0.05) is 0 Å². The number of carbonyl (C=O) groups is 2. The van der Waals surface area contributed by atoms with Crippen molar-refractivity contribution < 1.29 is 9.59 Å². The van der Waals surface area contributed by atoms with Crippen LogP contribution in [-0.4, -0.2) is 35.8 Å². The lowest BCUT2D eigenvalue weighted by Crippen LogP contribution is -2.68. The van der Waals surface area contributed by atoms with Crippen LogP contribution in [0.25, 0.3) is 0 Å². The highest BCUT2D eigenvalue weighted by Gasteiger charge is 2.56. The first-order valence-electron chi connectivity index (χ1n) is 5.14. The molecule has 2 aliphatic rings. The minimum atomic E-state index is -0.766. The summed E-state index contributed by atoms with van der Waals surface area (Å²) in [6, 6.07) is 0.0942. The first kappa shape index (κ1) is 9.65. The van der Waals surface area contributed by atoms with Crippen LogP contribution >= 0.6 is 0 Å². The second-order valence-electron chi connectivity index (χ2n) is 4.61. The third-order valence-electron chi connectivity index (χ3n) is 3.14. The van der Waals surface area contributed by atoms with Gasteiger partial charge in [0.25, 0.3) is 0 Å². The number of nitrogens with one attached hydrogen (secondary N) is 1. The van der Waals surface area contributed by atoms with E-state index in [9.17, 15) is 9.59 Å². The summed E-state index contributed by atoms with van der Waals surface area (Å²) in [6.45, 7) is 5.15. The number of β-lactam (4-membered cyclic amide) rings is 2. The Kier molecular flexibility index (Phi) is 2.10. The molecule has 2 aliphatic heterocycles. The number of piperidine rings is 1. The van der Waals surface area contributed by atoms with Crippen LogP contribution in [0, 0.1) is 5.41 Å². The van der Waals surface area contributed by atoms with Gasteiger partial charge in [-0.2, -0.15) is 0 Å². The fourth-order valence-electron chi connectivity index (χ4n) is 2.12. The molecule has 0 saturated carbocycles. The van der Waals surface area contributed by atoms with Crippen LogP contribution in [0.5, 0.6) is 0 Å². The molecule has 0 unspecified atom stereocenters. The quantitative estimate of drug-likeness (QED) is 0.479. The Morgan fingerprint density at radius 2 is 2.00 bits per heavy atom. The molecule has 2 heterocycles. The van der Waals surface area contributed by atoms with Crippen molar-refractivity contribution in [2.45, 2.75) is 32.7 Å². The maximum atomic E-state index is 11.7. The van der Waals surface area contributed by atoms with E-state index in [0.717, 1.165) is 25.9 Å². The molecule has 0 aromatic rings. The molecule has 0 spiro atoms. The summed E-state index contributed by atoms with van der Waals surface area (Å²) in [7, 11) is 0. The zero-order chi connectivity index (χ0) is 10.3. The Labute approximate surface area is 83.6 Å². The Hall–Kier alpha value is -0.900. The minimum Gasteiger partial charge on any atom is -0.315 e. The van der Waals surface area contributed by atoms with Gasteiger partial charge in [-0.05, 0) is 33.2 Å². The van der Waals surface area contributed by atoms with E-state index in [0.29, 0.717) is 0 Å². The predicted octanol–water partition coefficient (Wildman–Crippen LogP) is 0.133. The third kappa shape index (κ3) is 1.17. The van der Waals surface area contributed by atoms with Crippen LogP contribution < -0.4 is 5.32 Å². The van der Waals surface area contributed by atoms with Gasteiger partial charge >= 0.3 is 0 Å². The van der Waals surface area contributed by atoms with Gasteiger partial charge in [0.15, 0.2) is 0 Å². The summed E-state index contributed by atoms with van der Waals surface area (Å²) in [6.07, 6.45) is 1.99. The average Bonchev–Trinajstić information content (AvgIpc) is 2.20. The third-order valence-corrected chi connectivity index (χ3v) is 3.14. The zero-order valence-electron chi connectivity index (χ0n) is 8.67. The molecule has 14 heavy (non-hydrogen) atoms. The number of rotatable bonds is 1. The van der Waals surface area contributed by atoms with Gasteiger partial charge in [0.2, 0.25) is 11.8 Å². The van der Waals surface area contributed by atoms with E-state index >= 15 is 0 Å². The van der Waals surface area contributed by atoms with E-state index in [-0.39, 0.29) is 17.9 Å². The number of hydrogen-bond acceptors (Lipinski definition) is 3. The van der Waals surface area contributed by atoms with Crippen molar-refractivity contribution in [2.75, 3.05) is 13.1 Å². The first-order valence-corrected chi connectivity index (χ1v) is 5.14. The van der Waals surface area contributed by atoms with E-state index in [4.69, 9.17) is 0 Å². The van der Waals surface area contributed by atoms with Gasteiger partial charge in [-0.15, -0.1) is 0 Å². The van der Waals surface area contributed by atoms with Crippen molar-refractivity contribution in [3.63, 3.8) is 0 Å². The van der Waals surface area contributed by atoms with Crippen molar-refractivity contribution in [2.24, 2.45) is 5.41 Å². The number of hydrogen-bond donors (Lipinski definition) is 1. The average molecular weight is 196 g/mol. The van der Waals surface area contributed by atoms with Crippen molar-refractivity contribution in [3.8, 4) is 0 Å². The van der Waals surface area contributed by atoms with Crippen molar-refractivity contribution in [1.29, 1.82) is 0 Å². The van der Waals surface area contributed by atoms with E-state index in [1.165, 1.54) is 4.90 Å². The van der Waals surface area contributed by atoms with Gasteiger partial charge in [-0.25, -0.2) is 0 Å². The number of amides is 2. The number of imide groups is 1. The molecule has 1 atom stereocenters. The van der Waals surface area contributed by atoms with E-state index in [2.05, 4.69) is 5.32 Å². The highest BCUT2D eigenvalue weighted by molar-refractivity contribution is 6.21. The Balaban J connectivity index is 2.06. The monoisotopic (exact) mass is 196 g/mol. The topological polar surface area (TPSA) is 49.4 Å². The van der Waals surface area contributed by atoms with Gasteiger partial charge in [0.1, 0.15) is 5.41 Å². The molecule has 0 bridgehead atoms. The van der Waals surface area contributed by atoms with E-state index < -0.39 is 5.41 Å². The van der Waals surface area contributed by atoms with Crippen molar-refractivity contribution >= 4 is 11.8 Å². The lowest BCUT2D eigenvalue weighted by Gasteiger charge is -2.47. The molecule has 0 aromatic heterocycles. The minimum absolute atomic E-state index is 0.0174. The lowest BCUT2D eigenvalue weighted by atomic mass is 9.80. The van der Waals surface area contributed by atoms with Gasteiger partial charge < -0.3 is 5.32 Å². The predicted molar refractivity (Wildman–Crippen MR) is 51.5 cm³/mol. The molecule has 0 radical (unpaired) electrons. The van der Waals surface area contributed by atoms with Crippen molar-refractivity contribution in [1.82, 2.24) is 10.2 Å². The number of likely N-dealkylation sites (tertiary alicyclic amines) is 1. The summed E-state index contributed by atoms with van der Waals surface area (Å²) in [5, 5.41) is 3.21. The van der Waals surface area contributed by atoms with E-state index in [1.54, 1.807) is 13.8 Å². The normalized spacial score (nSPS) is 31.6. The van der Waals surface area contributed by atoms with Crippen LogP contribution in [-0.2, 0) is 9.59 Å². The molecule has 4 heteroatoms. The van der Waals surface area contributed by atoms with E-state index in [1.807, 2.05) is 0 Å². The van der Waals surface area contributed by atoms with Crippen LogP contribution in [0.4, 0.5) is 0 Å². The number of carbonyl (C=O) groups excluding carboxylic acids is 2. The smallest absolute Gasteiger partial charge is 0.244 e. The molecular weight excluding hydrogens is 180 g/mol. The summed E-state index contributed by atoms with van der Waals surface area (Å²) < 4.78 is 0. The maximum absolute atomic E-state index is 11.7. The molecule has 0 aromatic carbocycles. The molecule has 4 nitrogen and oxygen atoms in total. The molecule has 2 rings (SSSR count). The number of nitrogens with zero attached hydrogens (tertiary/aromatic N) is 1. The van der Waals surface area contributed by atoms with Gasteiger partial charge in [0.05, 0.1) is 6.04 Å². The highest BCUT2D eigenvalue weighted by atomic mass is 16.2. The Bertz CT molecular complexity index is 262. The fourth-order valence-corrected chi connectivity index (χ4v) is 2.12. The van der Waals surface area contributed by atoms with Crippen LogP contribution in [0.1, 0.15) is 26.7 Å². The summed E-state index contributed by atoms with van der Waals surface area (Å²) in [5.41, 5.74) is -0.766. The lowest BCUT2D eigenvalue weighted by molar-refractivity contribution is -0.177. The molecule has 1 N–H and O–H groups in total. The standard InChI is InChI=1S/C10H16N2O2/c1-10(2)8(13)12(9(10)14)7-4-3-5-11-6-7/h7,11H,3-6H2,1-2H3/t7-/m1/s1. The summed E-state index contributed by atoms with van der Waals surface area (Å²) >= 11 is 0. The fraction of sp³-hybridized carbons (Fsp3) is 0.800. The van der Waals surface area contributed by atoms with Gasteiger partial charge in [-0.3, -0.25) is 14.5 Å². The van der Waals surface area contributed by atoms with Crippen molar-refractivity contribution in [3.05, 3.63) is 0 Å². The van der Waals surface area contributed by atoms with Crippen LogP contribution in [0.2, 0.25) is 0 Å². The molecule has 2 saturated heterocycles. The Morgan fingerprint density at radius 1 is 1.36 bits per heavy atom. The van der Waals surface area contributed by atoms with Crippen LogP contribution in [0.3, 0.4) is 0 Å². The molecule has 2 amide bonds. The molecule has 0 aliphatic carbocycles. The Morgan fingerprint density at radius 3 is 2.50 bits per heavy atom.